The number of carbonyl (C=O) groups excluding carboxylic acids is 1. The molecule has 0 bridgehead atoms. The summed E-state index contributed by atoms with van der Waals surface area (Å²) in [5.41, 5.74) is 1.24. The second-order valence-electron chi connectivity index (χ2n) is 9.96. The fraction of sp³-hybridized carbons (Fsp3) is 0.500. The lowest BCUT2D eigenvalue weighted by Crippen LogP contribution is -2.43. The maximum Gasteiger partial charge on any atom is 0.243 e. The van der Waals surface area contributed by atoms with E-state index in [0.717, 1.165) is 56.9 Å². The molecule has 35 heavy (non-hydrogen) atoms. The molecular weight excluding hydrogens is 448 g/mol. The van der Waals surface area contributed by atoms with E-state index in [1.165, 1.54) is 37.1 Å². The van der Waals surface area contributed by atoms with E-state index in [1.54, 1.807) is 18.2 Å². The zero-order chi connectivity index (χ0) is 24.2. The molecule has 1 amide bonds. The Morgan fingerprint density at radius 1 is 0.943 bits per heavy atom. The lowest BCUT2D eigenvalue weighted by Gasteiger charge is -2.33. The minimum absolute atomic E-state index is 0.0236. The van der Waals surface area contributed by atoms with Crippen molar-refractivity contribution in [2.24, 2.45) is 5.92 Å². The summed E-state index contributed by atoms with van der Waals surface area (Å²) < 4.78 is 35.3. The first-order chi connectivity index (χ1) is 17.1. The first kappa shape index (κ1) is 23.8. The number of hydrogen-bond acceptors (Lipinski definition) is 3. The number of amides is 1. The highest BCUT2D eigenvalue weighted by Crippen LogP contribution is 2.37. The average Bonchev–Trinajstić information content (AvgIpc) is 3.22. The topological polar surface area (TPSA) is 56.2 Å². The van der Waals surface area contributed by atoms with E-state index >= 15 is 0 Å². The van der Waals surface area contributed by atoms with E-state index in [-0.39, 0.29) is 36.1 Å². The molecular formula is C28H33F2N3O2. The van der Waals surface area contributed by atoms with Crippen LogP contribution in [0.3, 0.4) is 0 Å². The molecule has 2 fully saturated rings. The van der Waals surface area contributed by atoms with Gasteiger partial charge >= 0.3 is 0 Å². The van der Waals surface area contributed by atoms with Crippen molar-refractivity contribution in [3.05, 3.63) is 59.9 Å². The zero-order valence-corrected chi connectivity index (χ0v) is 20.0. The Balaban J connectivity index is 1.51. The number of aromatic nitrogens is 2. The van der Waals surface area contributed by atoms with Gasteiger partial charge in [-0.1, -0.05) is 38.5 Å². The van der Waals surface area contributed by atoms with Gasteiger partial charge in [-0.25, -0.2) is 13.8 Å². The molecule has 0 aliphatic heterocycles. The van der Waals surface area contributed by atoms with Crippen LogP contribution in [0.4, 0.5) is 8.78 Å². The predicted octanol–water partition coefficient (Wildman–Crippen LogP) is 6.46. The summed E-state index contributed by atoms with van der Waals surface area (Å²) >= 11 is 0. The van der Waals surface area contributed by atoms with E-state index in [4.69, 9.17) is 9.72 Å². The normalized spacial score (nSPS) is 18.5. The van der Waals surface area contributed by atoms with Gasteiger partial charge < -0.3 is 14.6 Å². The third-order valence-electron chi connectivity index (χ3n) is 7.50. The summed E-state index contributed by atoms with van der Waals surface area (Å²) in [5, 5.41) is 3.34. The number of fused-ring (bicyclic) bond motifs is 1. The second-order valence-corrected chi connectivity index (χ2v) is 9.96. The van der Waals surface area contributed by atoms with Gasteiger partial charge in [-0.3, -0.25) is 4.79 Å². The number of hydrogen-bond donors (Lipinski definition) is 1. The molecule has 1 aromatic heterocycles. The van der Waals surface area contributed by atoms with Crippen LogP contribution in [0.2, 0.25) is 0 Å². The van der Waals surface area contributed by atoms with E-state index in [9.17, 15) is 13.6 Å². The van der Waals surface area contributed by atoms with Crippen LogP contribution in [0, 0.1) is 17.6 Å². The SMILES string of the molecule is O=C(NC1CCCCC1)C(C1CCCCC1)n1c(COc2ccc(F)cc2)nc2cc(F)ccc21. The number of carbonyl (C=O) groups is 1. The molecule has 2 aliphatic carbocycles. The molecule has 0 saturated heterocycles. The number of nitrogens with zero attached hydrogens (tertiary/aromatic N) is 2. The van der Waals surface area contributed by atoms with E-state index < -0.39 is 6.04 Å². The Bertz CT molecular complexity index is 1150. The molecule has 186 valence electrons. The van der Waals surface area contributed by atoms with Gasteiger partial charge in [-0.05, 0) is 68.0 Å². The predicted molar refractivity (Wildman–Crippen MR) is 131 cm³/mol. The highest BCUT2D eigenvalue weighted by atomic mass is 19.1. The Morgan fingerprint density at radius 2 is 1.60 bits per heavy atom. The highest BCUT2D eigenvalue weighted by molar-refractivity contribution is 5.85. The fourth-order valence-corrected chi connectivity index (χ4v) is 5.74. The lowest BCUT2D eigenvalue weighted by atomic mass is 9.83. The number of halogens is 2. The van der Waals surface area contributed by atoms with Gasteiger partial charge in [0.2, 0.25) is 5.91 Å². The second kappa shape index (κ2) is 10.8. The van der Waals surface area contributed by atoms with E-state index in [0.29, 0.717) is 17.1 Å². The molecule has 2 aliphatic rings. The smallest absolute Gasteiger partial charge is 0.243 e. The Morgan fingerprint density at radius 3 is 2.31 bits per heavy atom. The van der Waals surface area contributed by atoms with Gasteiger partial charge in [-0.2, -0.15) is 0 Å². The van der Waals surface area contributed by atoms with Crippen LogP contribution in [0.5, 0.6) is 5.75 Å². The molecule has 5 rings (SSSR count). The first-order valence-electron chi connectivity index (χ1n) is 12.9. The third kappa shape index (κ3) is 5.49. The third-order valence-corrected chi connectivity index (χ3v) is 7.50. The maximum atomic E-state index is 14.1. The van der Waals surface area contributed by atoms with Gasteiger partial charge in [0, 0.05) is 12.1 Å². The summed E-state index contributed by atoms with van der Waals surface area (Å²) in [6.07, 6.45) is 10.9. The quantitative estimate of drug-likeness (QED) is 0.421. The maximum absolute atomic E-state index is 14.1. The fourth-order valence-electron chi connectivity index (χ4n) is 5.74. The van der Waals surface area contributed by atoms with Crippen molar-refractivity contribution in [1.82, 2.24) is 14.9 Å². The highest BCUT2D eigenvalue weighted by Gasteiger charge is 2.35. The van der Waals surface area contributed by atoms with Gasteiger partial charge in [0.1, 0.15) is 35.9 Å². The van der Waals surface area contributed by atoms with Gasteiger partial charge in [0.05, 0.1) is 11.0 Å². The molecule has 5 nitrogen and oxygen atoms in total. The molecule has 2 aromatic carbocycles. The van der Waals surface area contributed by atoms with Crippen molar-refractivity contribution in [3.63, 3.8) is 0 Å². The standard InChI is InChI=1S/C28H33F2N3O2/c29-20-11-14-23(15-12-20)35-18-26-32-24-17-21(30)13-16-25(24)33(26)27(19-7-3-1-4-8-19)28(34)31-22-9-5-2-6-10-22/h11-17,19,22,27H,1-10,18H2,(H,31,34). The molecule has 1 N–H and O–H groups in total. The van der Waals surface area contributed by atoms with Crippen molar-refractivity contribution >= 4 is 16.9 Å². The Labute approximate surface area is 204 Å². The van der Waals surface area contributed by atoms with Crippen LogP contribution in [0.1, 0.15) is 76.1 Å². The van der Waals surface area contributed by atoms with Crippen LogP contribution in [0.25, 0.3) is 11.0 Å². The van der Waals surface area contributed by atoms with E-state index in [2.05, 4.69) is 5.32 Å². The lowest BCUT2D eigenvalue weighted by molar-refractivity contribution is -0.127. The van der Waals surface area contributed by atoms with Crippen LogP contribution in [-0.4, -0.2) is 21.5 Å². The molecule has 0 radical (unpaired) electrons. The molecule has 3 aromatic rings. The molecule has 7 heteroatoms. The summed E-state index contributed by atoms with van der Waals surface area (Å²) in [7, 11) is 0. The van der Waals surface area contributed by atoms with Crippen LogP contribution < -0.4 is 10.1 Å². The van der Waals surface area contributed by atoms with Gasteiger partial charge in [0.15, 0.2) is 0 Å². The molecule has 1 unspecified atom stereocenters. The van der Waals surface area contributed by atoms with Gasteiger partial charge in [0.25, 0.3) is 0 Å². The summed E-state index contributed by atoms with van der Waals surface area (Å²) in [6, 6.07) is 10.1. The van der Waals surface area contributed by atoms with Crippen molar-refractivity contribution in [2.75, 3.05) is 0 Å². The molecule has 0 spiro atoms. The largest absolute Gasteiger partial charge is 0.486 e. The monoisotopic (exact) mass is 481 g/mol. The number of imidazole rings is 1. The number of ether oxygens (including phenoxy) is 1. The van der Waals surface area contributed by atoms with Crippen molar-refractivity contribution < 1.29 is 18.3 Å². The van der Waals surface area contributed by atoms with Crippen LogP contribution >= 0.6 is 0 Å². The molecule has 2 saturated carbocycles. The van der Waals surface area contributed by atoms with Crippen molar-refractivity contribution in [1.29, 1.82) is 0 Å². The number of benzene rings is 2. The van der Waals surface area contributed by atoms with Crippen molar-refractivity contribution in [2.45, 2.75) is 82.9 Å². The molecule has 1 atom stereocenters. The minimum Gasteiger partial charge on any atom is -0.486 e. The molecule has 1 heterocycles. The van der Waals surface area contributed by atoms with Crippen LogP contribution in [-0.2, 0) is 11.4 Å². The average molecular weight is 482 g/mol. The number of nitrogens with one attached hydrogen (secondary N) is 1. The summed E-state index contributed by atoms with van der Waals surface area (Å²) in [6.45, 7) is 0.0991. The Hall–Kier alpha value is -2.96. The summed E-state index contributed by atoms with van der Waals surface area (Å²) in [5.74, 6) is 0.585. The van der Waals surface area contributed by atoms with E-state index in [1.807, 2.05) is 4.57 Å². The Kier molecular flexibility index (Phi) is 7.30. The summed E-state index contributed by atoms with van der Waals surface area (Å²) in [4.78, 5) is 18.6. The van der Waals surface area contributed by atoms with Crippen LogP contribution in [0.15, 0.2) is 42.5 Å². The van der Waals surface area contributed by atoms with Crippen molar-refractivity contribution in [3.8, 4) is 5.75 Å². The van der Waals surface area contributed by atoms with Gasteiger partial charge in [-0.15, -0.1) is 0 Å². The number of rotatable bonds is 7. The minimum atomic E-state index is -0.431. The zero-order valence-electron chi connectivity index (χ0n) is 20.0. The first-order valence-corrected chi connectivity index (χ1v) is 12.9.